The van der Waals surface area contributed by atoms with Gasteiger partial charge in [-0.3, -0.25) is 0 Å². The van der Waals surface area contributed by atoms with Gasteiger partial charge in [0.25, 0.3) is 0 Å². The molecule has 0 fully saturated rings. The third-order valence-corrected chi connectivity index (χ3v) is 0. The van der Waals surface area contributed by atoms with Crippen molar-refractivity contribution in [3.63, 3.8) is 0 Å². The van der Waals surface area contributed by atoms with Crippen molar-refractivity contribution >= 4 is 25.2 Å². The Morgan fingerprint density at radius 2 is 0.500 bits per heavy atom. The number of hydrogen-bond acceptors (Lipinski definition) is 0. The van der Waals surface area contributed by atoms with Crippen LogP contribution < -0.4 is 0 Å². The van der Waals surface area contributed by atoms with Gasteiger partial charge in [0.2, 0.25) is 0 Å². The van der Waals surface area contributed by atoms with Crippen molar-refractivity contribution in [2.45, 2.75) is 0 Å². The standard InChI is InChI=1S/3B.Fe. The van der Waals surface area contributed by atoms with Crippen LogP contribution in [0.2, 0.25) is 0 Å². The van der Waals surface area contributed by atoms with E-state index in [4.69, 9.17) is 0 Å². The van der Waals surface area contributed by atoms with Gasteiger partial charge in [0.15, 0.2) is 0 Å². The molecule has 0 bridgehead atoms. The van der Waals surface area contributed by atoms with Crippen LogP contribution in [-0.4, -0.2) is 25.2 Å². The van der Waals surface area contributed by atoms with Crippen LogP contribution in [-0.2, 0) is 17.1 Å². The third kappa shape index (κ3) is 15.6. The van der Waals surface area contributed by atoms with Crippen LogP contribution in [0, 0.1) is 0 Å². The number of hydrogen-bond donors (Lipinski definition) is 0. The maximum atomic E-state index is 0. The van der Waals surface area contributed by atoms with E-state index >= 15 is 0 Å². The molecule has 0 N–H and O–H groups in total. The largest absolute Gasteiger partial charge is 0 e. The Kier molecular flexibility index (Phi) is 1710. The summed E-state index contributed by atoms with van der Waals surface area (Å²) in [5.74, 6) is 0. The molecule has 0 rings (SSSR count). The fourth-order valence-corrected chi connectivity index (χ4v) is 0. The Balaban J connectivity index is 0. The van der Waals surface area contributed by atoms with Gasteiger partial charge < -0.3 is 0 Å². The average Bonchev–Trinajstić information content (AvgIpc) is 0. The second kappa shape index (κ2) is 53.6. The van der Waals surface area contributed by atoms with Crippen molar-refractivity contribution in [2.75, 3.05) is 0 Å². The monoisotopic (exact) mass is 89.0 g/mol. The maximum absolute atomic E-state index is 0. The summed E-state index contributed by atoms with van der Waals surface area (Å²) in [5, 5.41) is 0. The van der Waals surface area contributed by atoms with E-state index in [1.807, 2.05) is 0 Å². The molecule has 0 aliphatic rings. The fraction of sp³-hybridized carbons (Fsp3) is 0. The SMILES string of the molecule is [B].[B].[B].[Fe]. The first kappa shape index (κ1) is 127. The smallest absolute Gasteiger partial charge is 0 e. The van der Waals surface area contributed by atoms with Gasteiger partial charge in [-0.2, -0.15) is 0 Å². The van der Waals surface area contributed by atoms with Crippen LogP contribution in [0.5, 0.6) is 0 Å². The minimum Gasteiger partial charge on any atom is 0 e. The molecule has 17 valence electrons. The molecular weight excluding hydrogens is 88.3 g/mol. The first-order valence-corrected chi connectivity index (χ1v) is 0. The first-order valence-electron chi connectivity index (χ1n) is 0. The zero-order valence-electron chi connectivity index (χ0n) is 2.09. The average molecular weight is 88.3 g/mol. The van der Waals surface area contributed by atoms with Gasteiger partial charge in [-0.25, -0.2) is 0 Å². The predicted octanol–water partition coefficient (Wildman–Crippen LogP) is -1.14. The van der Waals surface area contributed by atoms with Crippen molar-refractivity contribution < 1.29 is 17.1 Å². The molecule has 0 aliphatic heterocycles. The van der Waals surface area contributed by atoms with Gasteiger partial charge >= 0.3 is 0 Å². The summed E-state index contributed by atoms with van der Waals surface area (Å²) in [4.78, 5) is 0. The van der Waals surface area contributed by atoms with Gasteiger partial charge in [-0.05, 0) is 0 Å². The van der Waals surface area contributed by atoms with Gasteiger partial charge in [0.05, 0.1) is 0 Å². The Morgan fingerprint density at radius 3 is 0.500 bits per heavy atom. The molecule has 0 atom stereocenters. The number of rotatable bonds is 0. The summed E-state index contributed by atoms with van der Waals surface area (Å²) in [7, 11) is 0. The molecule has 4 heteroatoms. The van der Waals surface area contributed by atoms with E-state index in [1.54, 1.807) is 0 Å². The van der Waals surface area contributed by atoms with E-state index in [0.29, 0.717) is 0 Å². The summed E-state index contributed by atoms with van der Waals surface area (Å²) < 4.78 is 0. The molecule has 4 heavy (non-hydrogen) atoms. The molecule has 0 aliphatic carbocycles. The third-order valence-electron chi connectivity index (χ3n) is 0. The molecule has 0 nitrogen and oxygen atoms in total. The normalized spacial score (nSPS) is 0. The van der Waals surface area contributed by atoms with Crippen LogP contribution in [0.25, 0.3) is 0 Å². The molecule has 0 unspecified atom stereocenters. The molecule has 0 aromatic heterocycles. The minimum absolute atomic E-state index is 0. The minimum atomic E-state index is 0. The maximum Gasteiger partial charge on any atom is 0 e. The first-order chi connectivity index (χ1) is 0. The van der Waals surface area contributed by atoms with Crippen molar-refractivity contribution in [1.29, 1.82) is 0 Å². The summed E-state index contributed by atoms with van der Waals surface area (Å²) >= 11 is 0. The molecule has 0 aromatic carbocycles. The van der Waals surface area contributed by atoms with Gasteiger partial charge in [0, 0.05) is 42.3 Å². The summed E-state index contributed by atoms with van der Waals surface area (Å²) in [6.45, 7) is 0. The fourth-order valence-electron chi connectivity index (χ4n) is 0. The molecule has 0 saturated heterocycles. The van der Waals surface area contributed by atoms with Crippen molar-refractivity contribution in [3.05, 3.63) is 0 Å². The van der Waals surface area contributed by atoms with Crippen molar-refractivity contribution in [3.8, 4) is 0 Å². The van der Waals surface area contributed by atoms with Crippen LogP contribution in [0.15, 0.2) is 0 Å². The van der Waals surface area contributed by atoms with E-state index in [-0.39, 0.29) is 42.3 Å². The molecule has 9 radical (unpaired) electrons. The molecule has 0 saturated carbocycles. The van der Waals surface area contributed by atoms with E-state index in [0.717, 1.165) is 0 Å². The van der Waals surface area contributed by atoms with Gasteiger partial charge in [-0.1, -0.05) is 0 Å². The zero-order chi connectivity index (χ0) is 0. The molecule has 0 amide bonds. The molecular formula is B3Fe. The Bertz CT molecular complexity index is 3.25. The topological polar surface area (TPSA) is 0 Å². The summed E-state index contributed by atoms with van der Waals surface area (Å²) in [6.07, 6.45) is 0. The van der Waals surface area contributed by atoms with Crippen LogP contribution in [0.1, 0.15) is 0 Å². The zero-order valence-corrected chi connectivity index (χ0v) is 3.19. The van der Waals surface area contributed by atoms with E-state index < -0.39 is 0 Å². The summed E-state index contributed by atoms with van der Waals surface area (Å²) in [5.41, 5.74) is 0. The Morgan fingerprint density at radius 1 is 0.500 bits per heavy atom. The van der Waals surface area contributed by atoms with E-state index in [1.165, 1.54) is 0 Å². The molecule has 0 spiro atoms. The van der Waals surface area contributed by atoms with Gasteiger partial charge in [-0.15, -0.1) is 0 Å². The van der Waals surface area contributed by atoms with Crippen molar-refractivity contribution in [1.82, 2.24) is 0 Å². The van der Waals surface area contributed by atoms with Crippen LogP contribution in [0.4, 0.5) is 0 Å². The van der Waals surface area contributed by atoms with E-state index in [2.05, 4.69) is 0 Å². The summed E-state index contributed by atoms with van der Waals surface area (Å²) in [6, 6.07) is 0. The van der Waals surface area contributed by atoms with Gasteiger partial charge in [0.1, 0.15) is 0 Å². The Labute approximate surface area is 42.9 Å². The Hall–Kier alpha value is 0.714. The molecule has 0 aromatic rings. The van der Waals surface area contributed by atoms with E-state index in [9.17, 15) is 0 Å². The predicted molar refractivity (Wildman–Crippen MR) is 17.3 cm³/mol. The second-order valence-electron chi connectivity index (χ2n) is 0. The second-order valence-corrected chi connectivity index (χ2v) is 0. The van der Waals surface area contributed by atoms with Crippen molar-refractivity contribution in [2.24, 2.45) is 0 Å². The molecule has 0 heterocycles. The van der Waals surface area contributed by atoms with Crippen LogP contribution in [0.3, 0.4) is 0 Å². The van der Waals surface area contributed by atoms with Crippen LogP contribution >= 0.6 is 0 Å². The quantitative estimate of drug-likeness (QED) is 0.328.